The molecule has 0 aliphatic carbocycles. The van der Waals surface area contributed by atoms with Crippen LogP contribution in [0.1, 0.15) is 19.4 Å². The lowest BCUT2D eigenvalue weighted by atomic mass is 9.85. The molecule has 0 radical (unpaired) electrons. The molecule has 0 bridgehead atoms. The summed E-state index contributed by atoms with van der Waals surface area (Å²) >= 11 is 1.86. The third-order valence-corrected chi connectivity index (χ3v) is 8.79. The quantitative estimate of drug-likeness (QED) is 0.223. The molecule has 1 aliphatic heterocycles. The standard InChI is InChI=1S/C35H27NS/c1-35(2)22-37-34(36-35)27-13-9-12-25(21-27)32-28-14-5-7-16-30(28)33(31-17-8-6-15-29(31)32)26-19-18-23-10-3-4-11-24(23)20-26/h3-21H,22H2,1-2H3. The number of nitrogens with zero attached hydrogens (tertiary/aromatic N) is 1. The molecular formula is C35H27NS. The van der Waals surface area contributed by atoms with Crippen molar-refractivity contribution in [3.8, 4) is 22.3 Å². The van der Waals surface area contributed by atoms with Crippen LogP contribution in [0.5, 0.6) is 0 Å². The maximum Gasteiger partial charge on any atom is 0.0984 e. The number of hydrogen-bond donors (Lipinski definition) is 0. The van der Waals surface area contributed by atoms with Crippen LogP contribution in [0.15, 0.2) is 120 Å². The largest absolute Gasteiger partial charge is 0.271 e. The van der Waals surface area contributed by atoms with Crippen molar-refractivity contribution in [1.29, 1.82) is 0 Å². The predicted octanol–water partition coefficient (Wildman–Crippen LogP) is 9.75. The van der Waals surface area contributed by atoms with Gasteiger partial charge in [0.05, 0.1) is 10.6 Å². The van der Waals surface area contributed by atoms with Gasteiger partial charge in [-0.05, 0) is 80.6 Å². The zero-order chi connectivity index (χ0) is 25.0. The molecule has 37 heavy (non-hydrogen) atoms. The maximum atomic E-state index is 5.01. The lowest BCUT2D eigenvalue weighted by Gasteiger charge is -2.18. The van der Waals surface area contributed by atoms with Crippen molar-refractivity contribution >= 4 is 49.1 Å². The summed E-state index contributed by atoms with van der Waals surface area (Å²) in [5, 5.41) is 8.81. The number of fused-ring (bicyclic) bond motifs is 3. The summed E-state index contributed by atoms with van der Waals surface area (Å²) in [6.45, 7) is 4.42. The Labute approximate surface area is 221 Å². The van der Waals surface area contributed by atoms with Gasteiger partial charge in [0.1, 0.15) is 0 Å². The first-order valence-corrected chi connectivity index (χ1v) is 13.8. The van der Waals surface area contributed by atoms with Crippen molar-refractivity contribution in [2.24, 2.45) is 4.99 Å². The average Bonchev–Trinajstić information content (AvgIpc) is 3.31. The van der Waals surface area contributed by atoms with Crippen LogP contribution in [0, 0.1) is 0 Å². The minimum absolute atomic E-state index is 0.00307. The van der Waals surface area contributed by atoms with Gasteiger partial charge in [-0.3, -0.25) is 4.99 Å². The zero-order valence-electron chi connectivity index (χ0n) is 21.0. The molecule has 0 unspecified atom stereocenters. The molecule has 0 fully saturated rings. The highest BCUT2D eigenvalue weighted by Crippen LogP contribution is 2.44. The van der Waals surface area contributed by atoms with Crippen molar-refractivity contribution in [3.05, 3.63) is 121 Å². The number of benzene rings is 6. The molecule has 2 heteroatoms. The molecule has 1 aliphatic rings. The van der Waals surface area contributed by atoms with E-state index in [4.69, 9.17) is 4.99 Å². The van der Waals surface area contributed by atoms with Crippen molar-refractivity contribution < 1.29 is 0 Å². The molecule has 178 valence electrons. The zero-order valence-corrected chi connectivity index (χ0v) is 21.8. The average molecular weight is 494 g/mol. The molecule has 0 saturated carbocycles. The molecule has 7 rings (SSSR count). The van der Waals surface area contributed by atoms with Gasteiger partial charge in [0.15, 0.2) is 0 Å². The topological polar surface area (TPSA) is 12.4 Å². The predicted molar refractivity (Wildman–Crippen MR) is 163 cm³/mol. The van der Waals surface area contributed by atoms with Crippen LogP contribution < -0.4 is 0 Å². The Balaban J connectivity index is 1.52. The van der Waals surface area contributed by atoms with E-state index >= 15 is 0 Å². The summed E-state index contributed by atoms with van der Waals surface area (Å²) in [6.07, 6.45) is 0. The maximum absolute atomic E-state index is 5.01. The summed E-state index contributed by atoms with van der Waals surface area (Å²) in [6, 6.07) is 42.2. The molecular weight excluding hydrogens is 466 g/mol. The number of thioether (sulfide) groups is 1. The number of aliphatic imine (C=N–C) groups is 1. The lowest BCUT2D eigenvalue weighted by Crippen LogP contribution is -2.15. The van der Waals surface area contributed by atoms with Gasteiger partial charge in [-0.1, -0.05) is 103 Å². The van der Waals surface area contributed by atoms with E-state index in [2.05, 4.69) is 129 Å². The Morgan fingerprint density at radius 2 is 1.08 bits per heavy atom. The summed E-state index contributed by atoms with van der Waals surface area (Å²) in [5.74, 6) is 1.03. The van der Waals surface area contributed by atoms with E-state index in [1.54, 1.807) is 0 Å². The molecule has 0 amide bonds. The Kier molecular flexibility index (Phi) is 5.19. The first-order chi connectivity index (χ1) is 18.1. The van der Waals surface area contributed by atoms with E-state index in [0.717, 1.165) is 10.8 Å². The molecule has 0 spiro atoms. The van der Waals surface area contributed by atoms with Crippen molar-refractivity contribution in [3.63, 3.8) is 0 Å². The lowest BCUT2D eigenvalue weighted by molar-refractivity contribution is 0.605. The Morgan fingerprint density at radius 1 is 0.541 bits per heavy atom. The van der Waals surface area contributed by atoms with E-state index in [1.807, 2.05) is 11.8 Å². The third kappa shape index (κ3) is 3.84. The second kappa shape index (κ2) is 8.61. The van der Waals surface area contributed by atoms with Gasteiger partial charge in [-0.2, -0.15) is 0 Å². The summed E-state index contributed by atoms with van der Waals surface area (Å²) in [4.78, 5) is 5.01. The van der Waals surface area contributed by atoms with Crippen molar-refractivity contribution in [2.45, 2.75) is 19.4 Å². The first kappa shape index (κ1) is 22.3. The van der Waals surface area contributed by atoms with Crippen LogP contribution in [0.2, 0.25) is 0 Å². The van der Waals surface area contributed by atoms with Gasteiger partial charge in [0.2, 0.25) is 0 Å². The van der Waals surface area contributed by atoms with Crippen molar-refractivity contribution in [2.75, 3.05) is 5.75 Å². The van der Waals surface area contributed by atoms with E-state index < -0.39 is 0 Å². The highest BCUT2D eigenvalue weighted by molar-refractivity contribution is 8.14. The van der Waals surface area contributed by atoms with Crippen LogP contribution in [0.3, 0.4) is 0 Å². The van der Waals surface area contributed by atoms with E-state index in [1.165, 1.54) is 60.1 Å². The van der Waals surface area contributed by atoms with Gasteiger partial charge in [-0.15, -0.1) is 11.8 Å². The Hall–Kier alpha value is -3.88. The van der Waals surface area contributed by atoms with Crippen LogP contribution >= 0.6 is 11.8 Å². The van der Waals surface area contributed by atoms with E-state index in [9.17, 15) is 0 Å². The van der Waals surface area contributed by atoms with Gasteiger partial charge in [0.25, 0.3) is 0 Å². The Morgan fingerprint density at radius 3 is 1.68 bits per heavy atom. The summed E-state index contributed by atoms with van der Waals surface area (Å²) in [5.41, 5.74) is 6.29. The minimum atomic E-state index is -0.00307. The first-order valence-electron chi connectivity index (χ1n) is 12.8. The smallest absolute Gasteiger partial charge is 0.0984 e. The molecule has 0 N–H and O–H groups in total. The van der Waals surface area contributed by atoms with Crippen LogP contribution in [0.25, 0.3) is 54.6 Å². The highest BCUT2D eigenvalue weighted by atomic mass is 32.2. The fraction of sp³-hybridized carbons (Fsp3) is 0.114. The normalized spacial score (nSPS) is 14.9. The monoisotopic (exact) mass is 493 g/mol. The third-order valence-electron chi connectivity index (χ3n) is 7.33. The fourth-order valence-electron chi connectivity index (χ4n) is 5.64. The number of rotatable bonds is 3. The van der Waals surface area contributed by atoms with Gasteiger partial charge in [0, 0.05) is 11.3 Å². The van der Waals surface area contributed by atoms with Gasteiger partial charge < -0.3 is 0 Å². The molecule has 0 aromatic heterocycles. The van der Waals surface area contributed by atoms with Crippen LogP contribution in [-0.2, 0) is 0 Å². The molecule has 1 nitrogen and oxygen atoms in total. The molecule has 1 heterocycles. The van der Waals surface area contributed by atoms with Gasteiger partial charge >= 0.3 is 0 Å². The summed E-state index contributed by atoms with van der Waals surface area (Å²) < 4.78 is 0. The molecule has 6 aromatic rings. The summed E-state index contributed by atoms with van der Waals surface area (Å²) in [7, 11) is 0. The molecule has 0 atom stereocenters. The SMILES string of the molecule is CC1(C)CSC(c2cccc(-c3c4ccccc4c(-c4ccc5ccccc5c4)c4ccccc34)c2)=N1. The van der Waals surface area contributed by atoms with Crippen molar-refractivity contribution in [1.82, 2.24) is 0 Å². The fourth-order valence-corrected chi connectivity index (χ4v) is 6.80. The van der Waals surface area contributed by atoms with Crippen LogP contribution in [0.4, 0.5) is 0 Å². The van der Waals surface area contributed by atoms with Gasteiger partial charge in [-0.25, -0.2) is 0 Å². The minimum Gasteiger partial charge on any atom is -0.271 e. The number of hydrogen-bond acceptors (Lipinski definition) is 2. The van der Waals surface area contributed by atoms with Crippen LogP contribution in [-0.4, -0.2) is 16.3 Å². The second-order valence-corrected chi connectivity index (χ2v) is 11.5. The van der Waals surface area contributed by atoms with E-state index in [-0.39, 0.29) is 5.54 Å². The molecule has 0 saturated heterocycles. The molecule has 6 aromatic carbocycles. The highest BCUT2D eigenvalue weighted by Gasteiger charge is 2.26. The second-order valence-electron chi connectivity index (χ2n) is 10.5. The van der Waals surface area contributed by atoms with E-state index in [0.29, 0.717) is 0 Å². The Bertz CT molecular complexity index is 1800.